The zero-order valence-corrected chi connectivity index (χ0v) is 9.74. The van der Waals surface area contributed by atoms with Crippen molar-refractivity contribution in [3.8, 4) is 0 Å². The minimum absolute atomic E-state index is 0.646. The molecule has 2 heteroatoms. The van der Waals surface area contributed by atoms with Gasteiger partial charge in [-0.2, -0.15) is 0 Å². The summed E-state index contributed by atoms with van der Waals surface area (Å²) in [5.41, 5.74) is 2.82. The zero-order chi connectivity index (χ0) is 10.7. The predicted molar refractivity (Wildman–Crippen MR) is 62.8 cm³/mol. The lowest BCUT2D eigenvalue weighted by Crippen LogP contribution is -2.24. The highest BCUT2D eigenvalue weighted by atomic mass is 15.2. The second-order valence-electron chi connectivity index (χ2n) is 4.43. The van der Waals surface area contributed by atoms with Gasteiger partial charge in [-0.05, 0) is 56.5 Å². The summed E-state index contributed by atoms with van der Waals surface area (Å²) in [6.07, 6.45) is 7.81. The second-order valence-corrected chi connectivity index (χ2v) is 4.43. The van der Waals surface area contributed by atoms with E-state index in [1.54, 1.807) is 0 Å². The van der Waals surface area contributed by atoms with Crippen molar-refractivity contribution in [1.29, 1.82) is 0 Å². The van der Waals surface area contributed by atoms with Crippen molar-refractivity contribution in [1.82, 2.24) is 9.88 Å². The fraction of sp³-hybridized carbons (Fsp3) is 0.615. The maximum absolute atomic E-state index is 4.17. The molecule has 2 nitrogen and oxygen atoms in total. The maximum atomic E-state index is 4.17. The summed E-state index contributed by atoms with van der Waals surface area (Å²) in [7, 11) is 0. The summed E-state index contributed by atoms with van der Waals surface area (Å²) in [4.78, 5) is 6.78. The normalized spacial score (nSPS) is 22.1. The van der Waals surface area contributed by atoms with Crippen molar-refractivity contribution in [3.05, 3.63) is 29.6 Å². The van der Waals surface area contributed by atoms with Crippen molar-refractivity contribution < 1.29 is 0 Å². The average molecular weight is 204 g/mol. The quantitative estimate of drug-likeness (QED) is 0.752. The first-order valence-electron chi connectivity index (χ1n) is 5.97. The molecule has 0 N–H and O–H groups in total. The van der Waals surface area contributed by atoms with Crippen LogP contribution in [-0.4, -0.2) is 23.0 Å². The molecule has 0 saturated carbocycles. The van der Waals surface area contributed by atoms with Crippen LogP contribution >= 0.6 is 0 Å². The molecule has 0 radical (unpaired) electrons. The van der Waals surface area contributed by atoms with Crippen LogP contribution in [0.3, 0.4) is 0 Å². The molecule has 0 spiro atoms. The summed E-state index contributed by atoms with van der Waals surface area (Å²) in [5, 5.41) is 0. The summed E-state index contributed by atoms with van der Waals surface area (Å²) >= 11 is 0. The number of pyridine rings is 1. The monoisotopic (exact) mass is 204 g/mol. The Labute approximate surface area is 92.3 Å². The highest BCUT2D eigenvalue weighted by Gasteiger charge is 2.25. The molecule has 15 heavy (non-hydrogen) atoms. The molecule has 1 fully saturated rings. The Balaban J connectivity index is 2.19. The van der Waals surface area contributed by atoms with Gasteiger partial charge in [-0.25, -0.2) is 0 Å². The SMILES string of the molecule is CCCN1CCC[C@@H]1c1ccncc1C. The van der Waals surface area contributed by atoms with Crippen LogP contribution in [0.4, 0.5) is 0 Å². The smallest absolute Gasteiger partial charge is 0.0352 e. The van der Waals surface area contributed by atoms with Gasteiger partial charge < -0.3 is 0 Å². The van der Waals surface area contributed by atoms with Gasteiger partial charge >= 0.3 is 0 Å². The van der Waals surface area contributed by atoms with Crippen molar-refractivity contribution in [3.63, 3.8) is 0 Å². The minimum Gasteiger partial charge on any atom is -0.296 e. The Hall–Kier alpha value is -0.890. The van der Waals surface area contributed by atoms with Gasteiger partial charge in [0.25, 0.3) is 0 Å². The number of hydrogen-bond donors (Lipinski definition) is 0. The highest BCUT2D eigenvalue weighted by Crippen LogP contribution is 2.32. The molecule has 0 aliphatic carbocycles. The van der Waals surface area contributed by atoms with Crippen LogP contribution in [0.1, 0.15) is 43.4 Å². The molecule has 2 heterocycles. The fourth-order valence-electron chi connectivity index (χ4n) is 2.59. The van der Waals surface area contributed by atoms with E-state index in [-0.39, 0.29) is 0 Å². The maximum Gasteiger partial charge on any atom is 0.0352 e. The second kappa shape index (κ2) is 4.75. The van der Waals surface area contributed by atoms with Crippen LogP contribution in [0.15, 0.2) is 18.5 Å². The lowest BCUT2D eigenvalue weighted by molar-refractivity contribution is 0.257. The van der Waals surface area contributed by atoms with Crippen molar-refractivity contribution in [2.45, 2.75) is 39.2 Å². The van der Waals surface area contributed by atoms with E-state index >= 15 is 0 Å². The number of rotatable bonds is 3. The molecule has 1 aromatic rings. The molecule has 1 saturated heterocycles. The van der Waals surface area contributed by atoms with Gasteiger partial charge in [-0.15, -0.1) is 0 Å². The van der Waals surface area contributed by atoms with E-state index in [4.69, 9.17) is 0 Å². The topological polar surface area (TPSA) is 16.1 Å². The minimum atomic E-state index is 0.646. The average Bonchev–Trinajstić information content (AvgIpc) is 2.67. The third-order valence-corrected chi connectivity index (χ3v) is 3.30. The zero-order valence-electron chi connectivity index (χ0n) is 9.74. The van der Waals surface area contributed by atoms with E-state index in [1.165, 1.54) is 43.5 Å². The fourth-order valence-corrected chi connectivity index (χ4v) is 2.59. The molecule has 82 valence electrons. The number of aryl methyl sites for hydroxylation is 1. The van der Waals surface area contributed by atoms with Gasteiger partial charge in [0, 0.05) is 18.4 Å². The molecular formula is C13H20N2. The predicted octanol–water partition coefficient (Wildman–Crippen LogP) is 2.94. The molecule has 1 aliphatic heterocycles. The van der Waals surface area contributed by atoms with E-state index in [9.17, 15) is 0 Å². The van der Waals surface area contributed by atoms with E-state index < -0.39 is 0 Å². The van der Waals surface area contributed by atoms with Crippen LogP contribution in [-0.2, 0) is 0 Å². The van der Waals surface area contributed by atoms with Gasteiger partial charge in [0.15, 0.2) is 0 Å². The Bertz CT molecular complexity index is 322. The lowest BCUT2D eigenvalue weighted by atomic mass is 10.0. The van der Waals surface area contributed by atoms with Gasteiger partial charge in [-0.3, -0.25) is 9.88 Å². The molecule has 0 bridgehead atoms. The third-order valence-electron chi connectivity index (χ3n) is 3.30. The molecule has 0 amide bonds. The summed E-state index contributed by atoms with van der Waals surface area (Å²) in [6.45, 7) is 6.92. The van der Waals surface area contributed by atoms with Gasteiger partial charge in [-0.1, -0.05) is 6.92 Å². The third kappa shape index (κ3) is 2.20. The largest absolute Gasteiger partial charge is 0.296 e. The summed E-state index contributed by atoms with van der Waals surface area (Å²) in [5.74, 6) is 0. The molecule has 0 unspecified atom stereocenters. The highest BCUT2D eigenvalue weighted by molar-refractivity contribution is 5.26. The van der Waals surface area contributed by atoms with Crippen LogP contribution in [0.5, 0.6) is 0 Å². The Morgan fingerprint density at radius 1 is 1.53 bits per heavy atom. The van der Waals surface area contributed by atoms with Crippen LogP contribution in [0, 0.1) is 6.92 Å². The van der Waals surface area contributed by atoms with Crippen molar-refractivity contribution in [2.75, 3.05) is 13.1 Å². The Morgan fingerprint density at radius 3 is 3.13 bits per heavy atom. The summed E-state index contributed by atoms with van der Waals surface area (Å²) < 4.78 is 0. The van der Waals surface area contributed by atoms with Crippen LogP contribution in [0.2, 0.25) is 0 Å². The first kappa shape index (κ1) is 10.6. The standard InChI is InChI=1S/C13H20N2/c1-3-8-15-9-4-5-13(15)12-6-7-14-10-11(12)2/h6-7,10,13H,3-5,8-9H2,1-2H3/t13-/m1/s1. The summed E-state index contributed by atoms with van der Waals surface area (Å²) in [6, 6.07) is 2.83. The van der Waals surface area contributed by atoms with Gasteiger partial charge in [0.05, 0.1) is 0 Å². The molecule has 1 atom stereocenters. The number of aromatic nitrogens is 1. The van der Waals surface area contributed by atoms with E-state index in [0.717, 1.165) is 0 Å². The Kier molecular flexibility index (Phi) is 3.37. The van der Waals surface area contributed by atoms with Crippen molar-refractivity contribution >= 4 is 0 Å². The number of nitrogens with zero attached hydrogens (tertiary/aromatic N) is 2. The Morgan fingerprint density at radius 2 is 2.40 bits per heavy atom. The first-order chi connectivity index (χ1) is 7.33. The van der Waals surface area contributed by atoms with Gasteiger partial charge in [0.1, 0.15) is 0 Å². The molecule has 1 aliphatic rings. The number of likely N-dealkylation sites (tertiary alicyclic amines) is 1. The number of hydrogen-bond acceptors (Lipinski definition) is 2. The molecule has 2 rings (SSSR count). The van der Waals surface area contributed by atoms with Crippen LogP contribution < -0.4 is 0 Å². The van der Waals surface area contributed by atoms with Gasteiger partial charge in [0.2, 0.25) is 0 Å². The van der Waals surface area contributed by atoms with E-state index in [1.807, 2.05) is 12.4 Å². The van der Waals surface area contributed by atoms with E-state index in [0.29, 0.717) is 6.04 Å². The van der Waals surface area contributed by atoms with Crippen molar-refractivity contribution in [2.24, 2.45) is 0 Å². The molecule has 0 aromatic carbocycles. The van der Waals surface area contributed by atoms with Crippen LogP contribution in [0.25, 0.3) is 0 Å². The first-order valence-corrected chi connectivity index (χ1v) is 5.97. The molecular weight excluding hydrogens is 184 g/mol. The van der Waals surface area contributed by atoms with E-state index in [2.05, 4.69) is 29.8 Å². The lowest BCUT2D eigenvalue weighted by Gasteiger charge is -2.25. The molecule has 1 aromatic heterocycles.